The first kappa shape index (κ1) is 25.0. The number of nitrogens with zero attached hydrogens (tertiary/aromatic N) is 2. The topological polar surface area (TPSA) is 105 Å². The third-order valence-corrected chi connectivity index (χ3v) is 6.57. The molecule has 0 bridgehead atoms. The molecule has 2 heterocycles. The lowest BCUT2D eigenvalue weighted by Crippen LogP contribution is -2.46. The fourth-order valence-corrected chi connectivity index (χ4v) is 4.57. The van der Waals surface area contributed by atoms with Gasteiger partial charge < -0.3 is 19.7 Å². The van der Waals surface area contributed by atoms with Crippen molar-refractivity contribution in [1.82, 2.24) is 4.90 Å². The van der Waals surface area contributed by atoms with Crippen molar-refractivity contribution in [3.63, 3.8) is 0 Å². The van der Waals surface area contributed by atoms with Gasteiger partial charge in [-0.3, -0.25) is 24.1 Å². The number of para-hydroxylation sites is 1. The molecule has 2 atom stereocenters. The zero-order valence-electron chi connectivity index (χ0n) is 21.0. The quantitative estimate of drug-likeness (QED) is 0.362. The summed E-state index contributed by atoms with van der Waals surface area (Å²) in [5.74, 6) is -0.455. The van der Waals surface area contributed by atoms with E-state index in [1.54, 1.807) is 54.3 Å². The largest absolute Gasteiger partial charge is 0.494 e. The first-order chi connectivity index (χ1) is 18.3. The van der Waals surface area contributed by atoms with Gasteiger partial charge in [0.2, 0.25) is 5.91 Å². The highest BCUT2D eigenvalue weighted by molar-refractivity contribution is 6.23. The molecule has 0 saturated heterocycles. The second-order valence-electron chi connectivity index (χ2n) is 9.14. The highest BCUT2D eigenvalue weighted by atomic mass is 16.5. The maximum absolute atomic E-state index is 13.1. The van der Waals surface area contributed by atoms with Gasteiger partial charge in [0, 0.05) is 12.2 Å². The Balaban J connectivity index is 1.28. The number of amides is 4. The molecular weight excluding hydrogens is 486 g/mol. The normalized spacial score (nSPS) is 17.0. The van der Waals surface area contributed by atoms with Crippen LogP contribution in [0.2, 0.25) is 0 Å². The molecule has 4 amide bonds. The Morgan fingerprint density at radius 3 is 2.32 bits per heavy atom. The number of anilines is 2. The Bertz CT molecular complexity index is 1370. The van der Waals surface area contributed by atoms with E-state index in [2.05, 4.69) is 5.32 Å². The summed E-state index contributed by atoms with van der Waals surface area (Å²) in [6, 6.07) is 19.9. The van der Waals surface area contributed by atoms with Gasteiger partial charge in [-0.05, 0) is 62.7 Å². The van der Waals surface area contributed by atoms with E-state index in [9.17, 15) is 19.2 Å². The van der Waals surface area contributed by atoms with Crippen LogP contribution in [-0.4, -0.2) is 53.8 Å². The maximum Gasteiger partial charge on any atom is 0.267 e. The van der Waals surface area contributed by atoms with E-state index < -0.39 is 29.9 Å². The van der Waals surface area contributed by atoms with Crippen LogP contribution in [-0.2, 0) is 9.59 Å². The zero-order chi connectivity index (χ0) is 26.8. The number of hydrogen-bond acceptors (Lipinski definition) is 6. The van der Waals surface area contributed by atoms with Crippen LogP contribution >= 0.6 is 0 Å². The van der Waals surface area contributed by atoms with E-state index in [0.717, 1.165) is 10.6 Å². The summed E-state index contributed by atoms with van der Waals surface area (Å²) >= 11 is 0. The van der Waals surface area contributed by atoms with E-state index in [0.29, 0.717) is 36.7 Å². The molecule has 0 aliphatic carbocycles. The van der Waals surface area contributed by atoms with Crippen LogP contribution in [0.4, 0.5) is 11.4 Å². The average Bonchev–Trinajstić information content (AvgIpc) is 3.18. The molecule has 3 aromatic rings. The minimum absolute atomic E-state index is 0.194. The molecule has 9 heteroatoms. The van der Waals surface area contributed by atoms with Gasteiger partial charge in [-0.2, -0.15) is 0 Å². The number of ether oxygens (including phenoxy) is 2. The molecule has 194 valence electrons. The van der Waals surface area contributed by atoms with E-state index >= 15 is 0 Å². The summed E-state index contributed by atoms with van der Waals surface area (Å²) in [5.41, 5.74) is 1.50. The Labute approximate surface area is 219 Å². The van der Waals surface area contributed by atoms with E-state index in [4.69, 9.17) is 9.47 Å². The molecule has 0 fully saturated rings. The number of hydrogen-bond donors (Lipinski definition) is 1. The van der Waals surface area contributed by atoms with Gasteiger partial charge >= 0.3 is 0 Å². The summed E-state index contributed by atoms with van der Waals surface area (Å²) in [5, 5.41) is 2.77. The van der Waals surface area contributed by atoms with E-state index in [1.165, 1.54) is 6.92 Å². The lowest BCUT2D eigenvalue weighted by Gasteiger charge is -2.33. The molecule has 0 radical (unpaired) electrons. The Morgan fingerprint density at radius 1 is 0.974 bits per heavy atom. The van der Waals surface area contributed by atoms with E-state index in [-0.39, 0.29) is 17.0 Å². The number of carbonyl (C=O) groups excluding carboxylic acids is 4. The van der Waals surface area contributed by atoms with Crippen molar-refractivity contribution in [2.45, 2.75) is 32.4 Å². The van der Waals surface area contributed by atoms with Crippen LogP contribution in [0.3, 0.4) is 0 Å². The highest BCUT2D eigenvalue weighted by Gasteiger charge is 2.40. The van der Waals surface area contributed by atoms with Crippen molar-refractivity contribution in [2.24, 2.45) is 0 Å². The van der Waals surface area contributed by atoms with Gasteiger partial charge in [-0.1, -0.05) is 30.3 Å². The number of benzene rings is 3. The third kappa shape index (κ3) is 4.70. The van der Waals surface area contributed by atoms with Crippen molar-refractivity contribution in [3.05, 3.63) is 83.9 Å². The monoisotopic (exact) mass is 513 g/mol. The maximum atomic E-state index is 13.1. The van der Waals surface area contributed by atoms with Gasteiger partial charge in [0.1, 0.15) is 17.5 Å². The minimum atomic E-state index is -1.04. The van der Waals surface area contributed by atoms with Crippen molar-refractivity contribution in [2.75, 3.05) is 23.4 Å². The molecule has 2 unspecified atom stereocenters. The predicted molar refractivity (Wildman–Crippen MR) is 140 cm³/mol. The Hall–Kier alpha value is -4.66. The first-order valence-electron chi connectivity index (χ1n) is 12.4. The molecule has 1 N–H and O–H groups in total. The molecule has 0 spiro atoms. The van der Waals surface area contributed by atoms with Crippen LogP contribution in [0.5, 0.6) is 11.5 Å². The summed E-state index contributed by atoms with van der Waals surface area (Å²) < 4.78 is 11.5. The number of imide groups is 1. The summed E-state index contributed by atoms with van der Waals surface area (Å²) in [7, 11) is 0. The summed E-state index contributed by atoms with van der Waals surface area (Å²) in [6.45, 7) is 4.02. The SMILES string of the molecule is CC1Oc2ccc(NC(=O)C(C)N3C(=O)c4ccccc4C3=O)cc2N(CCCOc2ccccc2)C1=O. The highest BCUT2D eigenvalue weighted by Crippen LogP contribution is 2.36. The van der Waals surface area contributed by atoms with Gasteiger partial charge in [0.25, 0.3) is 17.7 Å². The molecular formula is C29H27N3O6. The van der Waals surface area contributed by atoms with Crippen molar-refractivity contribution < 1.29 is 28.7 Å². The van der Waals surface area contributed by atoms with Crippen LogP contribution in [0.1, 0.15) is 41.0 Å². The molecule has 0 saturated carbocycles. The van der Waals surface area contributed by atoms with Gasteiger partial charge in [-0.15, -0.1) is 0 Å². The molecule has 3 aromatic carbocycles. The third-order valence-electron chi connectivity index (χ3n) is 6.57. The molecule has 9 nitrogen and oxygen atoms in total. The summed E-state index contributed by atoms with van der Waals surface area (Å²) in [4.78, 5) is 54.2. The second kappa shape index (κ2) is 10.4. The van der Waals surface area contributed by atoms with Crippen molar-refractivity contribution in [3.8, 4) is 11.5 Å². The number of fused-ring (bicyclic) bond motifs is 2. The van der Waals surface area contributed by atoms with Crippen molar-refractivity contribution >= 4 is 35.0 Å². The second-order valence-corrected chi connectivity index (χ2v) is 9.14. The minimum Gasteiger partial charge on any atom is -0.494 e. The van der Waals surface area contributed by atoms with Crippen molar-refractivity contribution in [1.29, 1.82) is 0 Å². The lowest BCUT2D eigenvalue weighted by molar-refractivity contribution is -0.125. The fraction of sp³-hybridized carbons (Fsp3) is 0.241. The first-order valence-corrected chi connectivity index (χ1v) is 12.4. The van der Waals surface area contributed by atoms with E-state index in [1.807, 2.05) is 30.3 Å². The number of rotatable bonds is 8. The Morgan fingerprint density at radius 2 is 1.63 bits per heavy atom. The molecule has 0 aromatic heterocycles. The molecule has 2 aliphatic rings. The molecule has 38 heavy (non-hydrogen) atoms. The van der Waals surface area contributed by atoms with Crippen LogP contribution in [0.25, 0.3) is 0 Å². The van der Waals surface area contributed by atoms with Crippen LogP contribution in [0, 0.1) is 0 Å². The number of nitrogens with one attached hydrogen (secondary N) is 1. The number of carbonyl (C=O) groups is 4. The van der Waals surface area contributed by atoms with Gasteiger partial charge in [0.05, 0.1) is 23.4 Å². The predicted octanol–water partition coefficient (Wildman–Crippen LogP) is 3.89. The van der Waals surface area contributed by atoms with Crippen LogP contribution in [0.15, 0.2) is 72.8 Å². The summed E-state index contributed by atoms with van der Waals surface area (Å²) in [6.07, 6.45) is -0.0630. The van der Waals surface area contributed by atoms with Gasteiger partial charge in [0.15, 0.2) is 6.10 Å². The van der Waals surface area contributed by atoms with Gasteiger partial charge in [-0.25, -0.2) is 0 Å². The fourth-order valence-electron chi connectivity index (χ4n) is 4.57. The molecule has 5 rings (SSSR count). The Kier molecular flexibility index (Phi) is 6.83. The average molecular weight is 514 g/mol. The zero-order valence-corrected chi connectivity index (χ0v) is 21.0. The van der Waals surface area contributed by atoms with Crippen LogP contribution < -0.4 is 19.7 Å². The molecule has 2 aliphatic heterocycles. The standard InChI is InChI=1S/C29H27N3O6/c1-18(32-28(35)22-11-6-7-12-23(22)29(32)36)26(33)30-20-13-14-25-24(17-20)31(27(34)19(2)38-25)15-8-16-37-21-9-4-3-5-10-21/h3-7,9-14,17-19H,8,15-16H2,1-2H3,(H,30,33). The smallest absolute Gasteiger partial charge is 0.267 e. The lowest BCUT2D eigenvalue weighted by atomic mass is 10.1.